The summed E-state index contributed by atoms with van der Waals surface area (Å²) in [5, 5.41) is 3.01. The van der Waals surface area contributed by atoms with Gasteiger partial charge in [-0.2, -0.15) is 0 Å². The molecule has 4 nitrogen and oxygen atoms in total. The van der Waals surface area contributed by atoms with Crippen molar-refractivity contribution in [2.24, 2.45) is 0 Å². The number of anilines is 1. The van der Waals surface area contributed by atoms with Gasteiger partial charge in [-0.05, 0) is 39.6 Å². The molecule has 0 saturated carbocycles. The minimum Gasteiger partial charge on any atom is -0.381 e. The molecule has 1 N–H and O–H groups in total. The fraction of sp³-hybridized carbons (Fsp3) is 0.500. The van der Waals surface area contributed by atoms with Crippen LogP contribution in [-0.4, -0.2) is 32.1 Å². The molecule has 0 bridgehead atoms. The zero-order valence-electron chi connectivity index (χ0n) is 10.1. The van der Waals surface area contributed by atoms with E-state index in [-0.39, 0.29) is 0 Å². The summed E-state index contributed by atoms with van der Waals surface area (Å²) < 4.78 is 0. The maximum absolute atomic E-state index is 11.3. The number of allylic oxidation sites excluding steroid dienone is 1. The zero-order valence-corrected chi connectivity index (χ0v) is 10.1. The molecule has 0 fully saturated rings. The predicted octanol–water partition coefficient (Wildman–Crippen LogP) is 0.679. The van der Waals surface area contributed by atoms with Crippen molar-refractivity contribution in [1.29, 1.82) is 0 Å². The number of nitrogens with one attached hydrogen (secondary N) is 1. The van der Waals surface area contributed by atoms with Crippen molar-refractivity contribution in [3.63, 3.8) is 0 Å². The molecule has 0 saturated heterocycles. The van der Waals surface area contributed by atoms with E-state index in [2.05, 4.69) is 16.8 Å². The summed E-state index contributed by atoms with van der Waals surface area (Å²) >= 11 is 0. The second-order valence-electron chi connectivity index (χ2n) is 4.27. The van der Waals surface area contributed by atoms with Gasteiger partial charge in [-0.25, -0.2) is 0 Å². The Morgan fingerprint density at radius 3 is 2.44 bits per heavy atom. The molecule has 0 amide bonds. The van der Waals surface area contributed by atoms with Gasteiger partial charge in [0.05, 0.1) is 11.3 Å². The molecule has 16 heavy (non-hydrogen) atoms. The Morgan fingerprint density at radius 1 is 1.31 bits per heavy atom. The molecule has 0 aliphatic heterocycles. The van der Waals surface area contributed by atoms with Crippen molar-refractivity contribution < 1.29 is 0 Å². The molecule has 0 unspecified atom stereocenters. The Morgan fingerprint density at radius 2 is 1.94 bits per heavy atom. The summed E-state index contributed by atoms with van der Waals surface area (Å²) in [6, 6.07) is 0. The second kappa shape index (κ2) is 5.07. The van der Waals surface area contributed by atoms with Crippen molar-refractivity contribution in [1.82, 2.24) is 4.90 Å². The average Bonchev–Trinajstić information content (AvgIpc) is 2.20. The molecule has 4 heteroatoms. The smallest absolute Gasteiger partial charge is 0.250 e. The van der Waals surface area contributed by atoms with E-state index < -0.39 is 10.9 Å². The lowest BCUT2D eigenvalue weighted by Crippen LogP contribution is -2.38. The molecular formula is C12H18N2O2. The number of rotatable bonds is 6. The number of hydrogen-bond acceptors (Lipinski definition) is 4. The monoisotopic (exact) mass is 222 g/mol. The van der Waals surface area contributed by atoms with Gasteiger partial charge < -0.3 is 10.2 Å². The first-order chi connectivity index (χ1) is 7.45. The van der Waals surface area contributed by atoms with E-state index in [9.17, 15) is 9.59 Å². The van der Waals surface area contributed by atoms with E-state index in [1.165, 1.54) is 0 Å². The number of nitrogens with zero attached hydrogens (tertiary/aromatic N) is 1. The normalized spacial score (nSPS) is 11.0. The molecule has 0 aliphatic carbocycles. The quantitative estimate of drug-likeness (QED) is 0.568. The van der Waals surface area contributed by atoms with Crippen LogP contribution in [0.5, 0.6) is 0 Å². The zero-order chi connectivity index (χ0) is 12.3. The van der Waals surface area contributed by atoms with Crippen molar-refractivity contribution >= 4 is 11.3 Å². The molecule has 0 spiro atoms. The summed E-state index contributed by atoms with van der Waals surface area (Å²) in [6.07, 6.45) is 0.932. The van der Waals surface area contributed by atoms with Gasteiger partial charge in [0, 0.05) is 6.54 Å². The summed E-state index contributed by atoms with van der Waals surface area (Å²) in [5.41, 5.74) is 0.733. The van der Waals surface area contributed by atoms with E-state index in [1.54, 1.807) is 6.92 Å². The lowest BCUT2D eigenvalue weighted by atomic mass is 10.0. The Kier molecular flexibility index (Phi) is 4.01. The minimum absolute atomic E-state index is 0.414. The van der Waals surface area contributed by atoms with Gasteiger partial charge in [0.2, 0.25) is 10.9 Å². The van der Waals surface area contributed by atoms with Crippen LogP contribution < -0.4 is 16.2 Å². The van der Waals surface area contributed by atoms with Crippen LogP contribution in [0.4, 0.5) is 5.69 Å². The maximum atomic E-state index is 11.3. The van der Waals surface area contributed by atoms with Gasteiger partial charge >= 0.3 is 0 Å². The molecule has 1 rings (SSSR count). The SMILES string of the molecule is C=C(C)c1c(NCCCN(C)C)c(=O)c1=O. The third-order valence-corrected chi connectivity index (χ3v) is 2.42. The van der Waals surface area contributed by atoms with Gasteiger partial charge in [0.15, 0.2) is 0 Å². The predicted molar refractivity (Wildman–Crippen MR) is 67.7 cm³/mol. The summed E-state index contributed by atoms with van der Waals surface area (Å²) in [5.74, 6) is 0. The van der Waals surface area contributed by atoms with Crippen LogP contribution in [0.25, 0.3) is 5.57 Å². The highest BCUT2D eigenvalue weighted by Crippen LogP contribution is 2.16. The third-order valence-electron chi connectivity index (χ3n) is 2.42. The first kappa shape index (κ1) is 12.6. The fourth-order valence-electron chi connectivity index (χ4n) is 1.58. The highest BCUT2D eigenvalue weighted by Gasteiger charge is 2.20. The molecule has 0 aliphatic rings. The lowest BCUT2D eigenvalue weighted by molar-refractivity contribution is 0.405. The van der Waals surface area contributed by atoms with E-state index in [4.69, 9.17) is 0 Å². The van der Waals surface area contributed by atoms with Crippen molar-refractivity contribution in [3.05, 3.63) is 32.6 Å². The lowest BCUT2D eigenvalue weighted by Gasteiger charge is -2.14. The van der Waals surface area contributed by atoms with E-state index in [0.29, 0.717) is 23.4 Å². The van der Waals surface area contributed by atoms with Crippen LogP contribution in [0, 0.1) is 0 Å². The Labute approximate surface area is 95.3 Å². The fourth-order valence-corrected chi connectivity index (χ4v) is 1.58. The van der Waals surface area contributed by atoms with Crippen LogP contribution >= 0.6 is 0 Å². The Hall–Kier alpha value is -1.42. The molecule has 0 atom stereocenters. The molecule has 88 valence electrons. The minimum atomic E-state index is -0.414. The van der Waals surface area contributed by atoms with Crippen molar-refractivity contribution in [2.75, 3.05) is 32.5 Å². The molecule has 1 aromatic rings. The topological polar surface area (TPSA) is 49.4 Å². The highest BCUT2D eigenvalue weighted by atomic mass is 16.2. The highest BCUT2D eigenvalue weighted by molar-refractivity contribution is 5.77. The first-order valence-electron chi connectivity index (χ1n) is 5.33. The van der Waals surface area contributed by atoms with Gasteiger partial charge in [-0.3, -0.25) is 9.59 Å². The van der Waals surface area contributed by atoms with Gasteiger partial charge in [0.1, 0.15) is 0 Å². The maximum Gasteiger partial charge on any atom is 0.250 e. The Bertz CT molecular complexity index is 454. The van der Waals surface area contributed by atoms with Crippen LogP contribution in [0.2, 0.25) is 0 Å². The molecule has 0 heterocycles. The molecule has 0 aromatic heterocycles. The molecular weight excluding hydrogens is 204 g/mol. The van der Waals surface area contributed by atoms with Crippen LogP contribution in [0.15, 0.2) is 16.2 Å². The third kappa shape index (κ3) is 2.58. The van der Waals surface area contributed by atoms with Gasteiger partial charge in [-0.15, -0.1) is 0 Å². The van der Waals surface area contributed by atoms with E-state index >= 15 is 0 Å². The van der Waals surface area contributed by atoms with Crippen molar-refractivity contribution in [2.45, 2.75) is 13.3 Å². The van der Waals surface area contributed by atoms with Gasteiger partial charge in [0.25, 0.3) is 0 Å². The summed E-state index contributed by atoms with van der Waals surface area (Å²) in [7, 11) is 3.99. The van der Waals surface area contributed by atoms with Gasteiger partial charge in [-0.1, -0.05) is 6.58 Å². The average molecular weight is 222 g/mol. The second-order valence-corrected chi connectivity index (χ2v) is 4.27. The summed E-state index contributed by atoms with van der Waals surface area (Å²) in [4.78, 5) is 24.6. The van der Waals surface area contributed by atoms with E-state index in [0.717, 1.165) is 13.0 Å². The van der Waals surface area contributed by atoms with Crippen LogP contribution in [0.3, 0.4) is 0 Å². The van der Waals surface area contributed by atoms with E-state index in [1.807, 2.05) is 14.1 Å². The van der Waals surface area contributed by atoms with Crippen molar-refractivity contribution in [3.8, 4) is 0 Å². The Balaban J connectivity index is 2.56. The standard InChI is InChI=1S/C12H18N2O2/c1-8(2)9-10(12(16)11(9)15)13-6-5-7-14(3)4/h13H,1,5-7H2,2-4H3. The number of hydrogen-bond donors (Lipinski definition) is 1. The first-order valence-corrected chi connectivity index (χ1v) is 5.33. The largest absolute Gasteiger partial charge is 0.381 e. The van der Waals surface area contributed by atoms with Crippen LogP contribution in [0.1, 0.15) is 18.9 Å². The van der Waals surface area contributed by atoms with Crippen LogP contribution in [-0.2, 0) is 0 Å². The molecule has 1 aromatic carbocycles. The summed E-state index contributed by atoms with van der Waals surface area (Å²) in [6.45, 7) is 7.07. The molecule has 0 radical (unpaired) electrons.